The van der Waals surface area contributed by atoms with Crippen LogP contribution in [0.5, 0.6) is 0 Å². The minimum absolute atomic E-state index is 0.434. The van der Waals surface area contributed by atoms with E-state index < -0.39 is 10.2 Å². The van der Waals surface area contributed by atoms with Gasteiger partial charge in [0.1, 0.15) is 0 Å². The Morgan fingerprint density at radius 3 is 2.53 bits per heavy atom. The predicted molar refractivity (Wildman–Crippen MR) is 74.0 cm³/mol. The fourth-order valence-electron chi connectivity index (χ4n) is 2.28. The number of hydrogen-bond acceptors (Lipinski definition) is 4. The molecule has 0 spiro atoms. The highest BCUT2D eigenvalue weighted by molar-refractivity contribution is 7.90. The second-order valence-corrected chi connectivity index (χ2v) is 6.66. The van der Waals surface area contributed by atoms with Gasteiger partial charge in [-0.05, 0) is 39.2 Å². The van der Waals surface area contributed by atoms with Crippen LogP contribution in [0.3, 0.4) is 0 Å². The summed E-state index contributed by atoms with van der Waals surface area (Å²) in [7, 11) is -3.50. The van der Waals surface area contributed by atoms with E-state index in [1.807, 2.05) is 0 Å². The summed E-state index contributed by atoms with van der Waals surface area (Å²) >= 11 is 0. The summed E-state index contributed by atoms with van der Waals surface area (Å²) in [6, 6.07) is 0. The van der Waals surface area contributed by atoms with Gasteiger partial charge in [-0.3, -0.25) is 9.82 Å². The van der Waals surface area contributed by atoms with E-state index in [2.05, 4.69) is 14.9 Å². The van der Waals surface area contributed by atoms with Crippen LogP contribution in [-0.2, 0) is 10.2 Å². The first-order valence-electron chi connectivity index (χ1n) is 6.43. The molecule has 0 bridgehead atoms. The zero-order valence-electron chi connectivity index (χ0n) is 11.3. The maximum Gasteiger partial charge on any atom is 0.301 e. The van der Waals surface area contributed by atoms with E-state index in [0.717, 1.165) is 18.5 Å². The van der Waals surface area contributed by atoms with Gasteiger partial charge < -0.3 is 5.73 Å². The number of hydrogen-bond donors (Lipinski definition) is 3. The molecule has 0 radical (unpaired) electrons. The Hall–Kier alpha value is -1.12. The van der Waals surface area contributed by atoms with Crippen LogP contribution in [0, 0.1) is 19.8 Å². The highest BCUT2D eigenvalue weighted by atomic mass is 32.2. The molecular formula is C11H21N5O2S. The number of nitrogens with zero attached hydrogens (tertiary/aromatic N) is 2. The van der Waals surface area contributed by atoms with Gasteiger partial charge in [0.2, 0.25) is 0 Å². The van der Waals surface area contributed by atoms with Crippen molar-refractivity contribution in [2.75, 3.05) is 24.4 Å². The van der Waals surface area contributed by atoms with Gasteiger partial charge in [-0.1, -0.05) is 0 Å². The fraction of sp³-hybridized carbons (Fsp3) is 0.727. The van der Waals surface area contributed by atoms with E-state index >= 15 is 0 Å². The Labute approximate surface area is 113 Å². The number of aromatic amines is 1. The van der Waals surface area contributed by atoms with Crippen LogP contribution >= 0.6 is 0 Å². The molecule has 1 aliphatic heterocycles. The number of aromatic nitrogens is 2. The topological polar surface area (TPSA) is 104 Å². The van der Waals surface area contributed by atoms with Crippen LogP contribution in [0.1, 0.15) is 24.2 Å². The van der Waals surface area contributed by atoms with Crippen molar-refractivity contribution in [3.8, 4) is 0 Å². The largest absolute Gasteiger partial charge is 0.330 e. The van der Waals surface area contributed by atoms with Gasteiger partial charge in [-0.25, -0.2) is 0 Å². The molecule has 0 aromatic carbocycles. The third-order valence-corrected chi connectivity index (χ3v) is 5.11. The summed E-state index contributed by atoms with van der Waals surface area (Å²) < 4.78 is 28.7. The lowest BCUT2D eigenvalue weighted by Gasteiger charge is -2.30. The molecule has 108 valence electrons. The Bertz CT molecular complexity index is 512. The number of anilines is 1. The third-order valence-electron chi connectivity index (χ3n) is 3.61. The van der Waals surface area contributed by atoms with Crippen molar-refractivity contribution < 1.29 is 8.42 Å². The van der Waals surface area contributed by atoms with E-state index in [1.54, 1.807) is 13.8 Å². The van der Waals surface area contributed by atoms with Crippen LogP contribution in [-0.4, -0.2) is 42.6 Å². The first-order chi connectivity index (χ1) is 8.94. The van der Waals surface area contributed by atoms with Crippen molar-refractivity contribution in [3.63, 3.8) is 0 Å². The van der Waals surface area contributed by atoms with Crippen molar-refractivity contribution in [2.45, 2.75) is 26.7 Å². The van der Waals surface area contributed by atoms with E-state index in [4.69, 9.17) is 5.73 Å². The Kier molecular flexibility index (Phi) is 4.12. The third kappa shape index (κ3) is 3.07. The minimum atomic E-state index is -3.50. The number of piperidine rings is 1. The number of nitrogens with one attached hydrogen (secondary N) is 2. The SMILES string of the molecule is Cc1n[nH]c(C)c1NS(=O)(=O)N1CCC(CN)CC1. The zero-order valence-corrected chi connectivity index (χ0v) is 12.1. The van der Waals surface area contributed by atoms with Crippen LogP contribution in [0.2, 0.25) is 0 Å². The summed E-state index contributed by atoms with van der Waals surface area (Å²) in [6.07, 6.45) is 1.64. The highest BCUT2D eigenvalue weighted by Gasteiger charge is 2.28. The van der Waals surface area contributed by atoms with Gasteiger partial charge in [0, 0.05) is 13.1 Å². The van der Waals surface area contributed by atoms with E-state index in [9.17, 15) is 8.42 Å². The lowest BCUT2D eigenvalue weighted by molar-refractivity contribution is 0.280. The summed E-state index contributed by atoms with van der Waals surface area (Å²) in [5.74, 6) is 0.434. The predicted octanol–water partition coefficient (Wildman–Crippen LogP) is 0.354. The molecule has 0 amide bonds. The molecule has 19 heavy (non-hydrogen) atoms. The van der Waals surface area contributed by atoms with Crippen LogP contribution < -0.4 is 10.5 Å². The molecule has 8 heteroatoms. The van der Waals surface area contributed by atoms with Crippen molar-refractivity contribution in [1.82, 2.24) is 14.5 Å². The molecule has 0 aliphatic carbocycles. The molecule has 0 saturated carbocycles. The van der Waals surface area contributed by atoms with Crippen LogP contribution in [0.25, 0.3) is 0 Å². The lowest BCUT2D eigenvalue weighted by atomic mass is 9.99. The Morgan fingerprint density at radius 1 is 1.42 bits per heavy atom. The molecule has 0 atom stereocenters. The summed E-state index contributed by atoms with van der Waals surface area (Å²) in [4.78, 5) is 0. The molecule has 4 N–H and O–H groups in total. The standard InChI is InChI=1S/C11H21N5O2S/c1-8-11(9(2)14-13-8)15-19(17,18)16-5-3-10(7-12)4-6-16/h10,15H,3-7,12H2,1-2H3,(H,13,14). The van der Waals surface area contributed by atoms with Gasteiger partial charge in [-0.15, -0.1) is 0 Å². The molecule has 2 rings (SSSR count). The van der Waals surface area contributed by atoms with Crippen molar-refractivity contribution in [1.29, 1.82) is 0 Å². The van der Waals surface area contributed by atoms with E-state index in [-0.39, 0.29) is 0 Å². The number of H-pyrrole nitrogens is 1. The monoisotopic (exact) mass is 287 g/mol. The Balaban J connectivity index is 2.07. The second kappa shape index (κ2) is 5.48. The fourth-order valence-corrected chi connectivity index (χ4v) is 3.66. The summed E-state index contributed by atoms with van der Waals surface area (Å²) in [5.41, 5.74) is 7.52. The molecule has 1 saturated heterocycles. The first-order valence-corrected chi connectivity index (χ1v) is 7.87. The summed E-state index contributed by atoms with van der Waals surface area (Å²) in [6.45, 7) is 5.22. The molecule has 1 fully saturated rings. The molecule has 1 aromatic heterocycles. The molecular weight excluding hydrogens is 266 g/mol. The molecule has 1 aromatic rings. The average molecular weight is 287 g/mol. The normalized spacial score (nSPS) is 18.7. The highest BCUT2D eigenvalue weighted by Crippen LogP contribution is 2.22. The molecule has 1 aliphatic rings. The average Bonchev–Trinajstić information content (AvgIpc) is 2.70. The van der Waals surface area contributed by atoms with Crippen molar-refractivity contribution in [3.05, 3.63) is 11.4 Å². The van der Waals surface area contributed by atoms with Gasteiger partial charge >= 0.3 is 10.2 Å². The second-order valence-electron chi connectivity index (χ2n) is 4.99. The minimum Gasteiger partial charge on any atom is -0.330 e. The van der Waals surface area contributed by atoms with E-state index in [0.29, 0.717) is 36.9 Å². The summed E-state index contributed by atoms with van der Waals surface area (Å²) in [5, 5.41) is 6.75. The van der Waals surface area contributed by atoms with Crippen molar-refractivity contribution >= 4 is 15.9 Å². The molecule has 7 nitrogen and oxygen atoms in total. The van der Waals surface area contributed by atoms with Gasteiger partial charge in [0.05, 0.1) is 17.1 Å². The zero-order chi connectivity index (χ0) is 14.0. The Morgan fingerprint density at radius 2 is 2.05 bits per heavy atom. The van der Waals surface area contributed by atoms with Gasteiger partial charge in [-0.2, -0.15) is 17.8 Å². The van der Waals surface area contributed by atoms with Crippen LogP contribution in [0.15, 0.2) is 0 Å². The maximum atomic E-state index is 12.3. The quantitative estimate of drug-likeness (QED) is 0.743. The number of rotatable bonds is 4. The lowest BCUT2D eigenvalue weighted by Crippen LogP contribution is -2.42. The first kappa shape index (κ1) is 14.3. The van der Waals surface area contributed by atoms with E-state index in [1.165, 1.54) is 4.31 Å². The maximum absolute atomic E-state index is 12.3. The van der Waals surface area contributed by atoms with Crippen molar-refractivity contribution in [2.24, 2.45) is 11.7 Å². The van der Waals surface area contributed by atoms with Gasteiger partial charge in [0.15, 0.2) is 0 Å². The van der Waals surface area contributed by atoms with Crippen LogP contribution in [0.4, 0.5) is 5.69 Å². The molecule has 0 unspecified atom stereocenters. The molecule has 2 heterocycles. The number of nitrogens with two attached hydrogens (primary N) is 1. The number of aryl methyl sites for hydroxylation is 2. The smallest absolute Gasteiger partial charge is 0.301 e. The van der Waals surface area contributed by atoms with Gasteiger partial charge in [0.25, 0.3) is 0 Å².